The number of alkyl halides is 3. The molecule has 8 nitrogen and oxygen atoms in total. The van der Waals surface area contributed by atoms with E-state index in [0.717, 1.165) is 0 Å². The molecule has 2 amide bonds. The number of nitrogens with zero attached hydrogens (tertiary/aromatic N) is 1. The minimum atomic E-state index is -4.42. The number of pyridine rings is 1. The van der Waals surface area contributed by atoms with Crippen molar-refractivity contribution in [3.05, 3.63) is 53.1 Å². The number of carbonyl (C=O) groups excluding carboxylic acids is 2. The van der Waals surface area contributed by atoms with Gasteiger partial charge < -0.3 is 25.3 Å². The minimum Gasteiger partial charge on any atom is -0.496 e. The molecule has 3 rings (SSSR count). The number of benzene rings is 1. The quantitative estimate of drug-likeness (QED) is 0.457. The lowest BCUT2D eigenvalue weighted by atomic mass is 9.85. The van der Waals surface area contributed by atoms with Crippen LogP contribution in [0.1, 0.15) is 34.5 Å². The van der Waals surface area contributed by atoms with Gasteiger partial charge in [0.1, 0.15) is 17.3 Å². The molecule has 34 heavy (non-hydrogen) atoms. The predicted octanol–water partition coefficient (Wildman–Crippen LogP) is 3.41. The molecule has 1 aliphatic heterocycles. The summed E-state index contributed by atoms with van der Waals surface area (Å²) >= 11 is 0. The van der Waals surface area contributed by atoms with Gasteiger partial charge in [0.2, 0.25) is 6.41 Å². The zero-order chi connectivity index (χ0) is 25.5. The van der Waals surface area contributed by atoms with E-state index < -0.39 is 35.8 Å². The molecule has 1 fully saturated rings. The third-order valence-electron chi connectivity index (χ3n) is 5.25. The Morgan fingerprint density at radius 3 is 2.56 bits per heavy atom. The van der Waals surface area contributed by atoms with Crippen molar-refractivity contribution in [3.63, 3.8) is 0 Å². The van der Waals surface area contributed by atoms with Crippen LogP contribution in [0.2, 0.25) is 0 Å². The molecule has 1 aromatic heterocycles. The van der Waals surface area contributed by atoms with Gasteiger partial charge in [0, 0.05) is 36.4 Å². The molecule has 1 aromatic carbocycles. The topological polar surface area (TPSA) is 113 Å². The highest BCUT2D eigenvalue weighted by molar-refractivity contribution is 5.92. The summed E-state index contributed by atoms with van der Waals surface area (Å²) in [7, 11) is 2.77. The summed E-state index contributed by atoms with van der Waals surface area (Å²) in [5.74, 6) is -2.20. The van der Waals surface area contributed by atoms with Crippen LogP contribution >= 0.6 is 0 Å². The number of amides is 2. The number of methoxy groups -OCH3 is 2. The van der Waals surface area contributed by atoms with Crippen molar-refractivity contribution in [2.24, 2.45) is 11.7 Å². The van der Waals surface area contributed by atoms with Gasteiger partial charge in [-0.3, -0.25) is 14.6 Å². The molecule has 186 valence electrons. The van der Waals surface area contributed by atoms with E-state index in [1.165, 1.54) is 45.5 Å². The Labute approximate surface area is 193 Å². The predicted molar refractivity (Wildman–Crippen MR) is 114 cm³/mol. The number of hydrogen-bond donors (Lipinski definition) is 2. The van der Waals surface area contributed by atoms with Gasteiger partial charge in [-0.1, -0.05) is 13.0 Å². The van der Waals surface area contributed by atoms with Crippen molar-refractivity contribution >= 4 is 18.0 Å². The Morgan fingerprint density at radius 1 is 1.32 bits per heavy atom. The first-order chi connectivity index (χ1) is 16.0. The highest BCUT2D eigenvalue weighted by Crippen LogP contribution is 2.45. The minimum absolute atomic E-state index is 0.0203. The highest BCUT2D eigenvalue weighted by atomic mass is 19.4. The van der Waals surface area contributed by atoms with Crippen LogP contribution in [-0.2, 0) is 20.9 Å². The van der Waals surface area contributed by atoms with Crippen molar-refractivity contribution in [2.45, 2.75) is 31.7 Å². The largest absolute Gasteiger partial charge is 0.496 e. The van der Waals surface area contributed by atoms with Crippen LogP contribution in [-0.4, -0.2) is 50.4 Å². The molecular formula is C22H25F4N3O5. The molecule has 1 saturated heterocycles. The highest BCUT2D eigenvalue weighted by Gasteiger charge is 2.51. The molecule has 3 unspecified atom stereocenters. The van der Waals surface area contributed by atoms with Crippen LogP contribution in [0.5, 0.6) is 5.75 Å². The standard InChI is InChI=1S/C15H18F4O3.C7H7N3O2/c1-8-10(7-22-14(8)15(17,18)19)9-4-5-12(16)11(6-20-2)13(9)21-3;8-7(12)6-3-5(10-4-11)1-2-9-6/h4-5,8,10,14H,6-7H2,1-3H3;1-4H,(H2,8,12)(H,9,10,11). The van der Waals surface area contributed by atoms with E-state index in [2.05, 4.69) is 10.3 Å². The van der Waals surface area contributed by atoms with Crippen LogP contribution in [0.4, 0.5) is 23.2 Å². The lowest BCUT2D eigenvalue weighted by molar-refractivity contribution is -0.215. The number of hydrogen-bond acceptors (Lipinski definition) is 6. The number of halogens is 4. The van der Waals surface area contributed by atoms with Gasteiger partial charge in [0.15, 0.2) is 6.10 Å². The van der Waals surface area contributed by atoms with Gasteiger partial charge in [-0.25, -0.2) is 4.39 Å². The fraction of sp³-hybridized carbons (Fsp3) is 0.409. The van der Waals surface area contributed by atoms with Crippen molar-refractivity contribution in [1.29, 1.82) is 0 Å². The fourth-order valence-corrected chi connectivity index (χ4v) is 3.64. The monoisotopic (exact) mass is 487 g/mol. The van der Waals surface area contributed by atoms with Crippen LogP contribution in [0.15, 0.2) is 30.5 Å². The summed E-state index contributed by atoms with van der Waals surface area (Å²) in [6, 6.07) is 5.63. The van der Waals surface area contributed by atoms with Gasteiger partial charge >= 0.3 is 6.18 Å². The number of primary amides is 1. The lowest BCUT2D eigenvalue weighted by Gasteiger charge is -2.23. The zero-order valence-corrected chi connectivity index (χ0v) is 18.7. The number of nitrogens with two attached hydrogens (primary N) is 1. The van der Waals surface area contributed by atoms with Crippen LogP contribution < -0.4 is 15.8 Å². The number of carbonyl (C=O) groups is 2. The molecule has 0 saturated carbocycles. The smallest absolute Gasteiger partial charge is 0.414 e. The molecule has 0 aliphatic carbocycles. The van der Waals surface area contributed by atoms with Crippen LogP contribution in [0.3, 0.4) is 0 Å². The molecule has 2 heterocycles. The summed E-state index contributed by atoms with van der Waals surface area (Å²) < 4.78 is 67.7. The number of aromatic nitrogens is 1. The summed E-state index contributed by atoms with van der Waals surface area (Å²) in [5, 5.41) is 2.37. The fourth-order valence-electron chi connectivity index (χ4n) is 3.64. The Kier molecular flexibility index (Phi) is 9.33. The van der Waals surface area contributed by atoms with E-state index in [1.54, 1.807) is 6.07 Å². The first-order valence-corrected chi connectivity index (χ1v) is 10.0. The van der Waals surface area contributed by atoms with Crippen molar-refractivity contribution in [1.82, 2.24) is 4.98 Å². The van der Waals surface area contributed by atoms with Gasteiger partial charge in [0.25, 0.3) is 5.91 Å². The third kappa shape index (κ3) is 6.41. The van der Waals surface area contributed by atoms with Gasteiger partial charge in [-0.2, -0.15) is 13.2 Å². The number of nitrogens with one attached hydrogen (secondary N) is 1. The van der Waals surface area contributed by atoms with E-state index in [0.29, 0.717) is 17.7 Å². The maximum absolute atomic E-state index is 13.9. The molecule has 0 bridgehead atoms. The van der Waals surface area contributed by atoms with E-state index in [4.69, 9.17) is 19.9 Å². The molecule has 12 heteroatoms. The summed E-state index contributed by atoms with van der Waals surface area (Å²) in [5.41, 5.74) is 6.29. The van der Waals surface area contributed by atoms with Gasteiger partial charge in [-0.05, 0) is 18.2 Å². The maximum Gasteiger partial charge on any atom is 0.414 e. The maximum atomic E-state index is 13.9. The Balaban J connectivity index is 0.000000287. The van der Waals surface area contributed by atoms with Crippen molar-refractivity contribution in [3.8, 4) is 5.75 Å². The van der Waals surface area contributed by atoms with E-state index in [1.807, 2.05) is 0 Å². The number of rotatable bonds is 7. The lowest BCUT2D eigenvalue weighted by Crippen LogP contribution is -2.33. The summed E-state index contributed by atoms with van der Waals surface area (Å²) in [6.45, 7) is 1.38. The molecule has 2 aromatic rings. The molecule has 0 spiro atoms. The SMILES string of the molecule is COCc1c(F)ccc(C2COC(C(F)(F)F)C2C)c1OC.NC(=O)c1cc(NC=O)ccn1. The van der Waals surface area contributed by atoms with Crippen molar-refractivity contribution in [2.75, 3.05) is 26.1 Å². The Hall–Kier alpha value is -3.25. The van der Waals surface area contributed by atoms with E-state index >= 15 is 0 Å². The third-order valence-corrected chi connectivity index (χ3v) is 5.25. The zero-order valence-electron chi connectivity index (χ0n) is 18.7. The van der Waals surface area contributed by atoms with Crippen LogP contribution in [0, 0.1) is 11.7 Å². The normalized spacial score (nSPS) is 19.7. The molecule has 0 radical (unpaired) electrons. The first kappa shape index (κ1) is 27.0. The molecule has 3 N–H and O–H groups in total. The number of anilines is 1. The van der Waals surface area contributed by atoms with Crippen LogP contribution in [0.25, 0.3) is 0 Å². The second-order valence-corrected chi connectivity index (χ2v) is 7.40. The Bertz CT molecular complexity index is 1000. The van der Waals surface area contributed by atoms with E-state index in [-0.39, 0.29) is 30.2 Å². The second-order valence-electron chi connectivity index (χ2n) is 7.40. The Morgan fingerprint density at radius 2 is 2.03 bits per heavy atom. The van der Waals surface area contributed by atoms with Gasteiger partial charge in [0.05, 0.1) is 25.9 Å². The van der Waals surface area contributed by atoms with Crippen molar-refractivity contribution < 1.29 is 41.4 Å². The summed E-state index contributed by atoms with van der Waals surface area (Å²) in [6.07, 6.45) is -4.33. The second kappa shape index (κ2) is 11.7. The molecule has 3 atom stereocenters. The molecular weight excluding hydrogens is 462 g/mol. The number of ether oxygens (including phenoxy) is 3. The van der Waals surface area contributed by atoms with Gasteiger partial charge in [-0.15, -0.1) is 0 Å². The first-order valence-electron chi connectivity index (χ1n) is 10.0. The van der Waals surface area contributed by atoms with E-state index in [9.17, 15) is 27.2 Å². The average molecular weight is 487 g/mol. The average Bonchev–Trinajstić information content (AvgIpc) is 3.17. The summed E-state index contributed by atoms with van der Waals surface area (Å²) in [4.78, 5) is 24.3. The molecule has 1 aliphatic rings.